The van der Waals surface area contributed by atoms with Crippen LogP contribution >= 0.6 is 0 Å². The van der Waals surface area contributed by atoms with E-state index in [4.69, 9.17) is 0 Å². The van der Waals surface area contributed by atoms with Crippen LogP contribution in [0.25, 0.3) is 0 Å². The van der Waals surface area contributed by atoms with Crippen molar-refractivity contribution >= 4 is 11.8 Å². The van der Waals surface area contributed by atoms with Crippen LogP contribution in [0.15, 0.2) is 42.6 Å². The molecule has 0 atom stereocenters. The van der Waals surface area contributed by atoms with E-state index >= 15 is 0 Å². The highest BCUT2D eigenvalue weighted by Gasteiger charge is 2.31. The van der Waals surface area contributed by atoms with Crippen LogP contribution in [-0.2, 0) is 18.9 Å². The van der Waals surface area contributed by atoms with E-state index in [1.165, 1.54) is 18.2 Å². The second-order valence-electron chi connectivity index (χ2n) is 7.08. The predicted molar refractivity (Wildman–Crippen MR) is 101 cm³/mol. The van der Waals surface area contributed by atoms with E-state index in [1.54, 1.807) is 4.90 Å². The molecule has 0 aliphatic carbocycles. The fourth-order valence-electron chi connectivity index (χ4n) is 3.19. The zero-order chi connectivity index (χ0) is 22.6. The van der Waals surface area contributed by atoms with E-state index in [-0.39, 0.29) is 12.6 Å². The minimum absolute atomic E-state index is 0.0810. The SMILES string of the molecule is O=C(NCc1ccc(C(F)(F)F)cc1)N1CCCN(c2ccc(C(F)(F)F)cn2)CC1. The first kappa shape index (κ1) is 22.7. The molecule has 0 bridgehead atoms. The van der Waals surface area contributed by atoms with Crippen LogP contribution < -0.4 is 10.2 Å². The van der Waals surface area contributed by atoms with Gasteiger partial charge in [-0.15, -0.1) is 0 Å². The molecule has 168 valence electrons. The van der Waals surface area contributed by atoms with Crippen molar-refractivity contribution in [2.75, 3.05) is 31.1 Å². The minimum Gasteiger partial charge on any atom is -0.355 e. The number of carbonyl (C=O) groups excluding carboxylic acids is 1. The third-order valence-corrected chi connectivity index (χ3v) is 4.91. The maximum Gasteiger partial charge on any atom is 0.417 e. The van der Waals surface area contributed by atoms with Gasteiger partial charge in [0.25, 0.3) is 0 Å². The van der Waals surface area contributed by atoms with Gasteiger partial charge in [0.05, 0.1) is 11.1 Å². The first-order chi connectivity index (χ1) is 14.5. The monoisotopic (exact) mass is 446 g/mol. The van der Waals surface area contributed by atoms with Crippen LogP contribution in [0.3, 0.4) is 0 Å². The van der Waals surface area contributed by atoms with Gasteiger partial charge in [0, 0.05) is 38.9 Å². The Morgan fingerprint density at radius 3 is 2.10 bits per heavy atom. The smallest absolute Gasteiger partial charge is 0.355 e. The molecule has 2 amide bonds. The molecule has 0 unspecified atom stereocenters. The molecule has 1 saturated heterocycles. The molecule has 0 spiro atoms. The number of hydrogen-bond acceptors (Lipinski definition) is 3. The summed E-state index contributed by atoms with van der Waals surface area (Å²) in [5.41, 5.74) is -1.05. The van der Waals surface area contributed by atoms with Crippen LogP contribution in [0.2, 0.25) is 0 Å². The maximum atomic E-state index is 12.7. The first-order valence-corrected chi connectivity index (χ1v) is 9.51. The Kier molecular flexibility index (Phi) is 6.61. The number of pyridine rings is 1. The summed E-state index contributed by atoms with van der Waals surface area (Å²) in [6.45, 7) is 1.78. The number of nitrogens with zero attached hydrogens (tertiary/aromatic N) is 3. The summed E-state index contributed by atoms with van der Waals surface area (Å²) in [5.74, 6) is 0.403. The molecular formula is C20H20F6N4O. The molecule has 1 aliphatic heterocycles. The average Bonchev–Trinajstić information content (AvgIpc) is 2.97. The van der Waals surface area contributed by atoms with E-state index in [1.807, 2.05) is 4.90 Å². The van der Waals surface area contributed by atoms with E-state index in [2.05, 4.69) is 10.3 Å². The normalized spacial score (nSPS) is 15.5. The Hall–Kier alpha value is -2.98. The van der Waals surface area contributed by atoms with Crippen LogP contribution in [0, 0.1) is 0 Å². The second-order valence-corrected chi connectivity index (χ2v) is 7.08. The number of halogens is 6. The summed E-state index contributed by atoms with van der Waals surface area (Å²) in [6.07, 6.45) is -7.49. The Bertz CT molecular complexity index is 881. The van der Waals surface area contributed by atoms with Crippen molar-refractivity contribution < 1.29 is 31.1 Å². The molecule has 11 heteroatoms. The molecule has 1 aliphatic rings. The zero-order valence-corrected chi connectivity index (χ0v) is 16.3. The van der Waals surface area contributed by atoms with Crippen LogP contribution in [-0.4, -0.2) is 42.1 Å². The number of nitrogens with one attached hydrogen (secondary N) is 1. The largest absolute Gasteiger partial charge is 0.417 e. The predicted octanol–water partition coefficient (Wildman–Crippen LogP) is 4.54. The van der Waals surface area contributed by atoms with Gasteiger partial charge in [-0.25, -0.2) is 9.78 Å². The summed E-state index contributed by atoms with van der Waals surface area (Å²) in [7, 11) is 0. The lowest BCUT2D eigenvalue weighted by Crippen LogP contribution is -2.41. The lowest BCUT2D eigenvalue weighted by molar-refractivity contribution is -0.138. The Balaban J connectivity index is 1.52. The lowest BCUT2D eigenvalue weighted by Gasteiger charge is -2.23. The van der Waals surface area contributed by atoms with Gasteiger partial charge in [0.1, 0.15) is 5.82 Å². The van der Waals surface area contributed by atoms with Gasteiger partial charge in [-0.2, -0.15) is 26.3 Å². The van der Waals surface area contributed by atoms with Gasteiger partial charge in [0.15, 0.2) is 0 Å². The number of benzene rings is 1. The van der Waals surface area contributed by atoms with Gasteiger partial charge in [-0.3, -0.25) is 0 Å². The molecule has 31 heavy (non-hydrogen) atoms. The molecular weight excluding hydrogens is 426 g/mol. The summed E-state index contributed by atoms with van der Waals surface area (Å²) < 4.78 is 75.9. The summed E-state index contributed by atoms with van der Waals surface area (Å²) in [6, 6.07) is 6.46. The van der Waals surface area contributed by atoms with Crippen molar-refractivity contribution in [1.29, 1.82) is 0 Å². The summed E-state index contributed by atoms with van der Waals surface area (Å²) >= 11 is 0. The highest BCUT2D eigenvalue weighted by molar-refractivity contribution is 5.74. The molecule has 1 aromatic carbocycles. The van der Waals surface area contributed by atoms with Crippen molar-refractivity contribution in [2.24, 2.45) is 0 Å². The Labute approximate surface area is 174 Å². The standard InChI is InChI=1S/C20H20F6N4O/c21-19(22,23)15-4-2-14(3-5-15)12-28-18(31)30-9-1-8-29(10-11-30)17-7-6-16(13-27-17)20(24,25)26/h2-7,13H,1,8-12H2,(H,28,31). The van der Waals surface area contributed by atoms with E-state index in [9.17, 15) is 31.1 Å². The molecule has 1 N–H and O–H groups in total. The van der Waals surface area contributed by atoms with Crippen molar-refractivity contribution in [3.63, 3.8) is 0 Å². The van der Waals surface area contributed by atoms with Crippen molar-refractivity contribution in [3.05, 3.63) is 59.3 Å². The number of anilines is 1. The molecule has 0 radical (unpaired) electrons. The van der Waals surface area contributed by atoms with Crippen LogP contribution in [0.1, 0.15) is 23.1 Å². The molecule has 1 aromatic heterocycles. The van der Waals surface area contributed by atoms with Gasteiger partial charge in [-0.1, -0.05) is 12.1 Å². The third kappa shape index (κ3) is 6.02. The Morgan fingerprint density at radius 1 is 0.871 bits per heavy atom. The third-order valence-electron chi connectivity index (χ3n) is 4.91. The van der Waals surface area contributed by atoms with Crippen LogP contribution in [0.5, 0.6) is 0 Å². The maximum absolute atomic E-state index is 12.7. The number of urea groups is 1. The number of carbonyl (C=O) groups is 1. The molecule has 0 saturated carbocycles. The topological polar surface area (TPSA) is 48.5 Å². The quantitative estimate of drug-likeness (QED) is 0.705. The number of rotatable bonds is 3. The number of hydrogen-bond donors (Lipinski definition) is 1. The van der Waals surface area contributed by atoms with E-state index in [0.29, 0.717) is 44.0 Å². The molecule has 5 nitrogen and oxygen atoms in total. The second kappa shape index (κ2) is 9.03. The van der Waals surface area contributed by atoms with E-state index in [0.717, 1.165) is 24.4 Å². The number of amides is 2. The summed E-state index contributed by atoms with van der Waals surface area (Å²) in [4.78, 5) is 19.7. The number of aromatic nitrogens is 1. The highest BCUT2D eigenvalue weighted by Crippen LogP contribution is 2.30. The van der Waals surface area contributed by atoms with Crippen molar-refractivity contribution in [1.82, 2.24) is 15.2 Å². The zero-order valence-electron chi connectivity index (χ0n) is 16.3. The minimum atomic E-state index is -4.45. The van der Waals surface area contributed by atoms with Gasteiger partial charge in [-0.05, 0) is 36.2 Å². The van der Waals surface area contributed by atoms with Crippen molar-refractivity contribution in [3.8, 4) is 0 Å². The fraction of sp³-hybridized carbons (Fsp3) is 0.400. The van der Waals surface area contributed by atoms with Crippen molar-refractivity contribution in [2.45, 2.75) is 25.3 Å². The van der Waals surface area contributed by atoms with Gasteiger partial charge in [0.2, 0.25) is 0 Å². The number of alkyl halides is 6. The average molecular weight is 446 g/mol. The van der Waals surface area contributed by atoms with E-state index < -0.39 is 23.5 Å². The van der Waals surface area contributed by atoms with Gasteiger partial charge >= 0.3 is 18.4 Å². The van der Waals surface area contributed by atoms with Gasteiger partial charge < -0.3 is 15.1 Å². The molecule has 2 heterocycles. The molecule has 1 fully saturated rings. The molecule has 2 aromatic rings. The van der Waals surface area contributed by atoms with Crippen LogP contribution in [0.4, 0.5) is 37.0 Å². The first-order valence-electron chi connectivity index (χ1n) is 9.51. The fourth-order valence-corrected chi connectivity index (χ4v) is 3.19. The lowest BCUT2D eigenvalue weighted by atomic mass is 10.1. The Morgan fingerprint density at radius 2 is 1.52 bits per heavy atom. The highest BCUT2D eigenvalue weighted by atomic mass is 19.4. The molecule has 3 rings (SSSR count). The summed E-state index contributed by atoms with van der Waals surface area (Å²) in [5, 5.41) is 2.68.